The molecule has 0 bridgehead atoms. The van der Waals surface area contributed by atoms with Crippen molar-refractivity contribution in [3.8, 4) is 16.9 Å². The van der Waals surface area contributed by atoms with Crippen LogP contribution in [0.25, 0.3) is 11.1 Å². The summed E-state index contributed by atoms with van der Waals surface area (Å²) in [4.78, 5) is 33.9. The number of carboxylic acids is 1. The van der Waals surface area contributed by atoms with E-state index in [9.17, 15) is 14.7 Å². The highest BCUT2D eigenvalue weighted by Crippen LogP contribution is 2.50. The Balaban J connectivity index is 1.20. The first-order valence-electron chi connectivity index (χ1n) is 15.1. The molecule has 0 unspecified atom stereocenters. The van der Waals surface area contributed by atoms with Crippen LogP contribution >= 0.6 is 11.6 Å². The highest BCUT2D eigenvalue weighted by Gasteiger charge is 2.35. The zero-order chi connectivity index (χ0) is 29.5. The molecule has 42 heavy (non-hydrogen) atoms. The maximum absolute atomic E-state index is 13.5. The van der Waals surface area contributed by atoms with E-state index in [2.05, 4.69) is 40.2 Å². The van der Waals surface area contributed by atoms with Gasteiger partial charge in [0.1, 0.15) is 5.75 Å². The minimum absolute atomic E-state index is 0.00436. The van der Waals surface area contributed by atoms with Gasteiger partial charge >= 0.3 is 5.97 Å². The first kappa shape index (κ1) is 28.7. The number of rotatable bonds is 8. The van der Waals surface area contributed by atoms with E-state index in [0.29, 0.717) is 40.9 Å². The van der Waals surface area contributed by atoms with Gasteiger partial charge in [0, 0.05) is 49.8 Å². The number of hydrogen-bond donors (Lipinski definition) is 1. The minimum atomic E-state index is -1.05. The van der Waals surface area contributed by atoms with Gasteiger partial charge in [-0.05, 0) is 75.6 Å². The molecule has 1 saturated heterocycles. The third-order valence-corrected chi connectivity index (χ3v) is 9.12. The summed E-state index contributed by atoms with van der Waals surface area (Å²) in [5, 5.41) is 10.2. The van der Waals surface area contributed by atoms with E-state index in [0.717, 1.165) is 54.9 Å². The Bertz CT molecular complexity index is 1510. The Hall–Kier alpha value is -3.42. The number of aromatic nitrogens is 1. The number of aryl methyl sites for hydroxylation is 1. The van der Waals surface area contributed by atoms with Gasteiger partial charge in [0.2, 0.25) is 0 Å². The van der Waals surface area contributed by atoms with Crippen LogP contribution in [-0.2, 0) is 13.0 Å². The van der Waals surface area contributed by atoms with Gasteiger partial charge in [0.15, 0.2) is 0 Å². The molecule has 0 spiro atoms. The Morgan fingerprint density at radius 1 is 1.10 bits per heavy atom. The quantitative estimate of drug-likeness (QED) is 0.314. The average Bonchev–Trinajstić information content (AvgIpc) is 3.81. The molecule has 2 aromatic carbocycles. The number of pyridine rings is 1. The van der Waals surface area contributed by atoms with Crippen molar-refractivity contribution in [2.24, 2.45) is 0 Å². The lowest BCUT2D eigenvalue weighted by atomic mass is 9.93. The first-order valence-corrected chi connectivity index (χ1v) is 15.4. The molecule has 3 aliphatic rings. The molecule has 3 heterocycles. The molecule has 8 heteroatoms. The number of carbonyl (C=O) groups is 2. The lowest BCUT2D eigenvalue weighted by Gasteiger charge is -2.40. The molecule has 7 nitrogen and oxygen atoms in total. The van der Waals surface area contributed by atoms with E-state index in [1.54, 1.807) is 6.92 Å². The molecular formula is C34H38ClN3O4. The molecule has 2 aliphatic heterocycles. The van der Waals surface area contributed by atoms with E-state index < -0.39 is 5.97 Å². The van der Waals surface area contributed by atoms with Crippen LogP contribution in [-0.4, -0.2) is 63.5 Å². The van der Waals surface area contributed by atoms with Gasteiger partial charge in [-0.25, -0.2) is 4.79 Å². The van der Waals surface area contributed by atoms with E-state index in [4.69, 9.17) is 16.3 Å². The third kappa shape index (κ3) is 5.64. The summed E-state index contributed by atoms with van der Waals surface area (Å²) < 4.78 is 6.37. The zero-order valence-corrected chi connectivity index (χ0v) is 25.3. The summed E-state index contributed by atoms with van der Waals surface area (Å²) in [5.41, 5.74) is 6.35. The normalized spacial score (nSPS) is 17.9. The van der Waals surface area contributed by atoms with Crippen molar-refractivity contribution in [1.29, 1.82) is 0 Å². The molecule has 1 amide bonds. The number of carboxylic acid groups (broad SMARTS) is 1. The second-order valence-corrected chi connectivity index (χ2v) is 12.5. The van der Waals surface area contributed by atoms with Gasteiger partial charge < -0.3 is 14.7 Å². The summed E-state index contributed by atoms with van der Waals surface area (Å²) in [6.45, 7) is 8.81. The van der Waals surface area contributed by atoms with Crippen molar-refractivity contribution in [2.75, 3.05) is 19.6 Å². The Morgan fingerprint density at radius 2 is 1.81 bits per heavy atom. The van der Waals surface area contributed by atoms with E-state index >= 15 is 0 Å². The SMILES string of the molecule is Cc1nc2c(cc1C(=O)O)C(=O)N(C1CCN(Cc3cc(C4CC4)c(-c4ccccc4)c(Cl)c3OC(C)C)CC1)CC2. The predicted octanol–water partition coefficient (Wildman–Crippen LogP) is 6.74. The molecule has 0 atom stereocenters. The number of hydrogen-bond acceptors (Lipinski definition) is 5. The number of fused-ring (bicyclic) bond motifs is 1. The van der Waals surface area contributed by atoms with E-state index in [1.807, 2.05) is 24.8 Å². The predicted molar refractivity (Wildman–Crippen MR) is 164 cm³/mol. The number of piperidine rings is 1. The monoisotopic (exact) mass is 587 g/mol. The second-order valence-electron chi connectivity index (χ2n) is 12.1. The third-order valence-electron chi connectivity index (χ3n) is 8.76. The molecule has 2 fully saturated rings. The molecule has 1 saturated carbocycles. The van der Waals surface area contributed by atoms with Crippen molar-refractivity contribution in [2.45, 2.75) is 77.5 Å². The van der Waals surface area contributed by atoms with Crippen molar-refractivity contribution < 1.29 is 19.4 Å². The standard InChI is InChI=1S/C34H38ClN3O4/c1-20(2)42-32-24(17-27(22-9-10-22)30(31(32)35)23-7-5-4-6-8-23)19-37-14-11-25(12-15-37)38-16-13-29-28(33(38)39)18-26(34(40)41)21(3)36-29/h4-8,17-18,20,22,25H,9-16,19H2,1-3H3,(H,40,41). The Labute approximate surface area is 252 Å². The summed E-state index contributed by atoms with van der Waals surface area (Å²) in [6.07, 6.45) is 4.72. The molecular weight excluding hydrogens is 550 g/mol. The van der Waals surface area contributed by atoms with Gasteiger partial charge in [-0.2, -0.15) is 0 Å². The highest BCUT2D eigenvalue weighted by atomic mass is 35.5. The number of benzene rings is 2. The topological polar surface area (TPSA) is 83.0 Å². The summed E-state index contributed by atoms with van der Waals surface area (Å²) in [5.74, 6) is 0.151. The molecule has 1 aliphatic carbocycles. The van der Waals surface area contributed by atoms with Crippen LogP contribution in [0.5, 0.6) is 5.75 Å². The van der Waals surface area contributed by atoms with Crippen LogP contribution in [0, 0.1) is 6.92 Å². The van der Waals surface area contributed by atoms with Gasteiger partial charge in [0.25, 0.3) is 5.91 Å². The van der Waals surface area contributed by atoms with Gasteiger partial charge in [-0.1, -0.05) is 41.9 Å². The van der Waals surface area contributed by atoms with Gasteiger partial charge in [-0.3, -0.25) is 14.7 Å². The number of carbonyl (C=O) groups excluding carboxylic acids is 1. The Morgan fingerprint density at radius 3 is 2.45 bits per heavy atom. The van der Waals surface area contributed by atoms with Crippen LogP contribution in [0.3, 0.4) is 0 Å². The van der Waals surface area contributed by atoms with Crippen LogP contribution in [0.4, 0.5) is 0 Å². The van der Waals surface area contributed by atoms with Crippen LogP contribution in [0.15, 0.2) is 42.5 Å². The van der Waals surface area contributed by atoms with Crippen LogP contribution in [0.2, 0.25) is 5.02 Å². The average molecular weight is 588 g/mol. The minimum Gasteiger partial charge on any atom is -0.489 e. The zero-order valence-electron chi connectivity index (χ0n) is 24.5. The van der Waals surface area contributed by atoms with Crippen molar-refractivity contribution in [3.05, 3.63) is 81.1 Å². The van der Waals surface area contributed by atoms with Crippen molar-refractivity contribution in [1.82, 2.24) is 14.8 Å². The number of halogens is 1. The van der Waals surface area contributed by atoms with Gasteiger partial charge in [0.05, 0.1) is 33.6 Å². The van der Waals surface area contributed by atoms with Gasteiger partial charge in [-0.15, -0.1) is 0 Å². The smallest absolute Gasteiger partial charge is 0.337 e. The molecule has 6 rings (SSSR count). The van der Waals surface area contributed by atoms with Crippen molar-refractivity contribution >= 4 is 23.5 Å². The maximum Gasteiger partial charge on any atom is 0.337 e. The first-order chi connectivity index (χ1) is 20.2. The fourth-order valence-electron chi connectivity index (χ4n) is 6.51. The summed E-state index contributed by atoms with van der Waals surface area (Å²) >= 11 is 7.18. The fourth-order valence-corrected chi connectivity index (χ4v) is 6.89. The number of likely N-dealkylation sites (tertiary alicyclic amines) is 1. The molecule has 3 aromatic rings. The molecule has 1 aromatic heterocycles. The highest BCUT2D eigenvalue weighted by molar-refractivity contribution is 6.35. The van der Waals surface area contributed by atoms with Crippen LogP contribution < -0.4 is 4.74 Å². The Kier molecular flexibility index (Phi) is 7.99. The number of nitrogens with zero attached hydrogens (tertiary/aromatic N) is 3. The number of ether oxygens (including phenoxy) is 1. The maximum atomic E-state index is 13.5. The lowest BCUT2D eigenvalue weighted by Crippen LogP contribution is -2.50. The second kappa shape index (κ2) is 11.7. The summed E-state index contributed by atoms with van der Waals surface area (Å²) in [7, 11) is 0. The summed E-state index contributed by atoms with van der Waals surface area (Å²) in [6, 6.07) is 14.3. The van der Waals surface area contributed by atoms with Crippen LogP contribution in [0.1, 0.15) is 88.7 Å². The molecule has 0 radical (unpaired) electrons. The fraction of sp³-hybridized carbons (Fsp3) is 0.441. The number of amides is 1. The van der Waals surface area contributed by atoms with E-state index in [-0.39, 0.29) is 23.6 Å². The largest absolute Gasteiger partial charge is 0.489 e. The van der Waals surface area contributed by atoms with E-state index in [1.165, 1.54) is 24.5 Å². The molecule has 220 valence electrons. The van der Waals surface area contributed by atoms with Crippen molar-refractivity contribution in [3.63, 3.8) is 0 Å². The molecule has 1 N–H and O–H groups in total. The number of aromatic carboxylic acids is 1. The lowest BCUT2D eigenvalue weighted by molar-refractivity contribution is 0.0542.